The van der Waals surface area contributed by atoms with Crippen molar-refractivity contribution < 1.29 is 9.66 Å². The van der Waals surface area contributed by atoms with Crippen LogP contribution in [0.3, 0.4) is 0 Å². The van der Waals surface area contributed by atoms with Gasteiger partial charge >= 0.3 is 0 Å². The monoisotopic (exact) mass is 308 g/mol. The smallest absolute Gasteiger partial charge is 0.286 e. The minimum Gasteiger partial charge on any atom is -0.496 e. The molecule has 76 valence electrons. The molecular weight excluding hydrogens is 299 g/mol. The first-order chi connectivity index (χ1) is 6.60. The minimum absolute atomic E-state index is 0.0328. The average molecular weight is 308 g/mol. The van der Waals surface area contributed by atoms with E-state index in [9.17, 15) is 10.1 Å². The zero-order valence-corrected chi connectivity index (χ0v) is 9.65. The molecule has 0 aliphatic carbocycles. The predicted molar refractivity (Wildman–Crippen MR) is 60.3 cm³/mol. The lowest BCUT2D eigenvalue weighted by atomic mass is 10.2. The van der Waals surface area contributed by atoms with Crippen molar-refractivity contribution in [3.8, 4) is 5.75 Å². The molecular formula is C8H9IN2O3. The summed E-state index contributed by atoms with van der Waals surface area (Å²) in [5.74, 6) is 0.456. The summed E-state index contributed by atoms with van der Waals surface area (Å²) in [7, 11) is 1.46. The Morgan fingerprint density at radius 2 is 2.29 bits per heavy atom. The second-order valence-electron chi connectivity index (χ2n) is 2.58. The molecule has 1 aromatic rings. The number of hydrogen-bond acceptors (Lipinski definition) is 4. The van der Waals surface area contributed by atoms with Gasteiger partial charge < -0.3 is 10.5 Å². The van der Waals surface area contributed by atoms with Crippen molar-refractivity contribution in [2.45, 2.75) is 6.54 Å². The number of ether oxygens (including phenoxy) is 1. The number of nitrogens with two attached hydrogens (primary N) is 1. The molecule has 0 aliphatic rings. The second-order valence-corrected chi connectivity index (χ2v) is 3.66. The molecule has 0 radical (unpaired) electrons. The molecule has 0 fully saturated rings. The zero-order valence-electron chi connectivity index (χ0n) is 7.49. The lowest BCUT2D eigenvalue weighted by molar-refractivity contribution is -0.385. The summed E-state index contributed by atoms with van der Waals surface area (Å²) in [6, 6.07) is 3.09. The van der Waals surface area contributed by atoms with Gasteiger partial charge in [0.2, 0.25) is 0 Å². The molecule has 0 unspecified atom stereocenters. The molecule has 0 heterocycles. The number of benzene rings is 1. The summed E-state index contributed by atoms with van der Waals surface area (Å²) in [4.78, 5) is 10.2. The highest BCUT2D eigenvalue weighted by molar-refractivity contribution is 14.1. The number of halogens is 1. The van der Waals surface area contributed by atoms with Crippen LogP contribution in [0.2, 0.25) is 0 Å². The van der Waals surface area contributed by atoms with Crippen LogP contribution in [0.15, 0.2) is 12.1 Å². The molecule has 2 N–H and O–H groups in total. The Bertz CT molecular complexity index is 368. The molecule has 6 heteroatoms. The SMILES string of the molecule is COc1cc(CN)c(I)c([N+](=O)[O-])c1. The Labute approximate surface area is 94.5 Å². The Hall–Kier alpha value is -0.890. The van der Waals surface area contributed by atoms with Crippen LogP contribution in [-0.2, 0) is 6.54 Å². The van der Waals surface area contributed by atoms with E-state index in [1.54, 1.807) is 6.07 Å². The van der Waals surface area contributed by atoms with Gasteiger partial charge in [-0.25, -0.2) is 0 Å². The van der Waals surface area contributed by atoms with Crippen LogP contribution in [0, 0.1) is 13.7 Å². The van der Waals surface area contributed by atoms with Gasteiger partial charge in [0.25, 0.3) is 5.69 Å². The molecule has 1 aromatic carbocycles. The largest absolute Gasteiger partial charge is 0.496 e. The van der Waals surface area contributed by atoms with E-state index in [0.717, 1.165) is 5.56 Å². The van der Waals surface area contributed by atoms with Crippen LogP contribution in [0.4, 0.5) is 5.69 Å². The van der Waals surface area contributed by atoms with Crippen LogP contribution in [0.1, 0.15) is 5.56 Å². The fraction of sp³-hybridized carbons (Fsp3) is 0.250. The van der Waals surface area contributed by atoms with Gasteiger partial charge in [-0.3, -0.25) is 10.1 Å². The van der Waals surface area contributed by atoms with E-state index in [1.807, 2.05) is 22.6 Å². The van der Waals surface area contributed by atoms with Gasteiger partial charge in [-0.15, -0.1) is 0 Å². The lowest BCUT2D eigenvalue weighted by Gasteiger charge is -2.05. The van der Waals surface area contributed by atoms with Crippen molar-refractivity contribution >= 4 is 28.3 Å². The maximum Gasteiger partial charge on any atom is 0.286 e. The molecule has 0 amide bonds. The molecule has 0 spiro atoms. The molecule has 5 nitrogen and oxygen atoms in total. The average Bonchev–Trinajstić information content (AvgIpc) is 2.17. The zero-order chi connectivity index (χ0) is 10.7. The number of nitro groups is 1. The molecule has 1 rings (SSSR count). The fourth-order valence-electron chi connectivity index (χ4n) is 1.04. The van der Waals surface area contributed by atoms with E-state index < -0.39 is 4.92 Å². The quantitative estimate of drug-likeness (QED) is 0.523. The van der Waals surface area contributed by atoms with Crippen LogP contribution < -0.4 is 10.5 Å². The van der Waals surface area contributed by atoms with Crippen molar-refractivity contribution in [3.63, 3.8) is 0 Å². The van der Waals surface area contributed by atoms with E-state index in [0.29, 0.717) is 9.32 Å². The third-order valence-corrected chi connectivity index (χ3v) is 3.00. The minimum atomic E-state index is -0.441. The number of hydrogen-bond donors (Lipinski definition) is 1. The predicted octanol–water partition coefficient (Wildman–Crippen LogP) is 1.67. The van der Waals surface area contributed by atoms with Crippen molar-refractivity contribution in [1.82, 2.24) is 0 Å². The fourth-order valence-corrected chi connectivity index (χ4v) is 1.77. The third kappa shape index (κ3) is 2.13. The molecule has 14 heavy (non-hydrogen) atoms. The number of nitrogens with zero attached hydrogens (tertiary/aromatic N) is 1. The Balaban J connectivity index is 3.34. The molecule has 0 aliphatic heterocycles. The van der Waals surface area contributed by atoms with Crippen LogP contribution in [0.25, 0.3) is 0 Å². The summed E-state index contributed by atoms with van der Waals surface area (Å²) in [6.45, 7) is 0.260. The summed E-state index contributed by atoms with van der Waals surface area (Å²) in [5.41, 5.74) is 6.21. The van der Waals surface area contributed by atoms with Gasteiger partial charge in [0.15, 0.2) is 0 Å². The maximum absolute atomic E-state index is 10.7. The standard InChI is InChI=1S/C8H9IN2O3/c1-14-6-2-5(4-10)8(9)7(3-6)11(12)13/h2-3H,4,10H2,1H3. The Morgan fingerprint density at radius 1 is 1.64 bits per heavy atom. The maximum atomic E-state index is 10.7. The van der Waals surface area contributed by atoms with Gasteiger partial charge in [-0.2, -0.15) is 0 Å². The van der Waals surface area contributed by atoms with Crippen LogP contribution in [-0.4, -0.2) is 12.0 Å². The summed E-state index contributed by atoms with van der Waals surface area (Å²) in [6.07, 6.45) is 0. The molecule has 0 bridgehead atoms. The van der Waals surface area contributed by atoms with Gasteiger partial charge in [0.1, 0.15) is 5.75 Å². The summed E-state index contributed by atoms with van der Waals surface area (Å²) in [5, 5.41) is 10.7. The highest BCUT2D eigenvalue weighted by atomic mass is 127. The molecule has 0 atom stereocenters. The van der Waals surface area contributed by atoms with Crippen molar-refractivity contribution in [1.29, 1.82) is 0 Å². The van der Waals surface area contributed by atoms with Gasteiger partial charge in [-0.1, -0.05) is 0 Å². The van der Waals surface area contributed by atoms with Gasteiger partial charge in [0, 0.05) is 6.54 Å². The van der Waals surface area contributed by atoms with E-state index in [1.165, 1.54) is 13.2 Å². The molecule has 0 saturated heterocycles. The first-order valence-electron chi connectivity index (χ1n) is 3.81. The highest BCUT2D eigenvalue weighted by Gasteiger charge is 2.16. The first-order valence-corrected chi connectivity index (χ1v) is 4.89. The molecule has 0 saturated carbocycles. The number of nitro benzene ring substituents is 1. The van der Waals surface area contributed by atoms with E-state index in [4.69, 9.17) is 10.5 Å². The van der Waals surface area contributed by atoms with Crippen molar-refractivity contribution in [3.05, 3.63) is 31.4 Å². The van der Waals surface area contributed by atoms with Crippen molar-refractivity contribution in [2.24, 2.45) is 5.73 Å². The van der Waals surface area contributed by atoms with E-state index in [2.05, 4.69) is 0 Å². The number of rotatable bonds is 3. The van der Waals surface area contributed by atoms with E-state index in [-0.39, 0.29) is 12.2 Å². The van der Waals surface area contributed by atoms with Crippen LogP contribution >= 0.6 is 22.6 Å². The van der Waals surface area contributed by atoms with Gasteiger partial charge in [-0.05, 0) is 34.2 Å². The normalized spacial score (nSPS) is 9.93. The summed E-state index contributed by atoms with van der Waals surface area (Å²) < 4.78 is 5.50. The van der Waals surface area contributed by atoms with Gasteiger partial charge in [0.05, 0.1) is 21.7 Å². The highest BCUT2D eigenvalue weighted by Crippen LogP contribution is 2.29. The third-order valence-electron chi connectivity index (χ3n) is 1.75. The topological polar surface area (TPSA) is 78.4 Å². The molecule has 0 aromatic heterocycles. The van der Waals surface area contributed by atoms with E-state index >= 15 is 0 Å². The Morgan fingerprint density at radius 3 is 2.71 bits per heavy atom. The summed E-state index contributed by atoms with van der Waals surface area (Å²) >= 11 is 1.91. The first kappa shape index (κ1) is 11.2. The van der Waals surface area contributed by atoms with Crippen molar-refractivity contribution in [2.75, 3.05) is 7.11 Å². The number of methoxy groups -OCH3 is 1. The Kier molecular flexibility index (Phi) is 3.64. The second kappa shape index (κ2) is 4.56. The van der Waals surface area contributed by atoms with Crippen LogP contribution in [0.5, 0.6) is 5.75 Å². The lowest BCUT2D eigenvalue weighted by Crippen LogP contribution is -2.03.